The van der Waals surface area contributed by atoms with Crippen molar-refractivity contribution in [1.82, 2.24) is 14.5 Å². The Balaban J connectivity index is 2.51. The molecule has 0 N–H and O–H groups in total. The van der Waals surface area contributed by atoms with E-state index in [0.717, 1.165) is 33.0 Å². The van der Waals surface area contributed by atoms with Gasteiger partial charge < -0.3 is 4.57 Å². The Kier molecular flexibility index (Phi) is 5.15. The van der Waals surface area contributed by atoms with Crippen LogP contribution in [0.4, 0.5) is 0 Å². The van der Waals surface area contributed by atoms with Gasteiger partial charge in [0.05, 0.1) is 5.38 Å². The van der Waals surface area contributed by atoms with Crippen LogP contribution in [-0.2, 0) is 0 Å². The molecule has 0 aliphatic heterocycles. The maximum Gasteiger partial charge on any atom is 0.160 e. The van der Waals surface area contributed by atoms with Gasteiger partial charge in [0.1, 0.15) is 11.3 Å². The number of hydrogen-bond acceptors (Lipinski definition) is 3. The molecule has 2 unspecified atom stereocenters. The van der Waals surface area contributed by atoms with Crippen LogP contribution in [0.15, 0.2) is 16.7 Å². The Morgan fingerprint density at radius 3 is 2.84 bits per heavy atom. The van der Waals surface area contributed by atoms with Gasteiger partial charge >= 0.3 is 0 Å². The van der Waals surface area contributed by atoms with Gasteiger partial charge in [-0.3, -0.25) is 0 Å². The number of halogens is 2. The van der Waals surface area contributed by atoms with Crippen molar-refractivity contribution < 1.29 is 0 Å². The van der Waals surface area contributed by atoms with Crippen molar-refractivity contribution in [3.05, 3.63) is 22.6 Å². The van der Waals surface area contributed by atoms with E-state index in [9.17, 15) is 0 Å². The van der Waals surface area contributed by atoms with Crippen molar-refractivity contribution >= 4 is 50.5 Å². The molecule has 19 heavy (non-hydrogen) atoms. The summed E-state index contributed by atoms with van der Waals surface area (Å²) in [5.41, 5.74) is 1.81. The van der Waals surface area contributed by atoms with Gasteiger partial charge in [-0.25, -0.2) is 9.97 Å². The van der Waals surface area contributed by atoms with Crippen LogP contribution in [0.5, 0.6) is 0 Å². The number of thioether (sulfide) groups is 1. The maximum absolute atomic E-state index is 6.27. The van der Waals surface area contributed by atoms with Gasteiger partial charge in [-0.15, -0.1) is 11.6 Å². The lowest BCUT2D eigenvalue weighted by Gasteiger charge is -2.17. The second-order valence-corrected chi connectivity index (χ2v) is 7.35. The van der Waals surface area contributed by atoms with E-state index in [4.69, 9.17) is 11.6 Å². The van der Waals surface area contributed by atoms with Crippen LogP contribution < -0.4 is 0 Å². The molecule has 3 nitrogen and oxygen atoms in total. The van der Waals surface area contributed by atoms with Gasteiger partial charge in [-0.2, -0.15) is 11.8 Å². The summed E-state index contributed by atoms with van der Waals surface area (Å²) in [6, 6.07) is 2.32. The molecule has 0 saturated heterocycles. The summed E-state index contributed by atoms with van der Waals surface area (Å²) in [5.74, 6) is 3.05. The zero-order valence-electron chi connectivity index (χ0n) is 11.2. The van der Waals surface area contributed by atoms with Gasteiger partial charge in [-0.05, 0) is 41.6 Å². The molecule has 0 fully saturated rings. The fourth-order valence-corrected chi connectivity index (χ4v) is 3.25. The maximum atomic E-state index is 6.27. The lowest BCUT2D eigenvalue weighted by Crippen LogP contribution is -2.12. The molecule has 0 radical (unpaired) electrons. The first-order valence-corrected chi connectivity index (χ1v) is 8.68. The first-order valence-electron chi connectivity index (χ1n) is 6.29. The standard InChI is InChI=1S/C13H17BrClN3S/c1-4-19-7-8(2)18-12(9(3)15)17-11-5-10(14)6-16-13(11)18/h5-6,8-9H,4,7H2,1-3H3. The zero-order chi connectivity index (χ0) is 14.0. The molecule has 0 bridgehead atoms. The summed E-state index contributed by atoms with van der Waals surface area (Å²) in [7, 11) is 0. The van der Waals surface area contributed by atoms with E-state index in [1.54, 1.807) is 0 Å². The van der Waals surface area contributed by atoms with Gasteiger partial charge in [0.15, 0.2) is 5.65 Å². The van der Waals surface area contributed by atoms with Crippen LogP contribution in [0.1, 0.15) is 38.0 Å². The molecule has 2 aromatic rings. The zero-order valence-corrected chi connectivity index (χ0v) is 14.4. The lowest BCUT2D eigenvalue weighted by molar-refractivity contribution is 0.588. The van der Waals surface area contributed by atoms with Crippen LogP contribution in [0.25, 0.3) is 11.2 Å². The monoisotopic (exact) mass is 361 g/mol. The molecule has 0 spiro atoms. The van der Waals surface area contributed by atoms with Crippen LogP contribution in [0.3, 0.4) is 0 Å². The molecule has 0 aliphatic rings. The number of aromatic nitrogens is 3. The molecule has 0 saturated carbocycles. The third-order valence-electron chi connectivity index (χ3n) is 2.88. The predicted molar refractivity (Wildman–Crippen MR) is 87.2 cm³/mol. The van der Waals surface area contributed by atoms with Crippen LogP contribution in [0, 0.1) is 0 Å². The van der Waals surface area contributed by atoms with Gasteiger partial charge in [0.25, 0.3) is 0 Å². The first kappa shape index (κ1) is 15.1. The van der Waals surface area contributed by atoms with E-state index in [1.165, 1.54) is 0 Å². The molecule has 2 heterocycles. The molecular formula is C13H17BrClN3S. The second-order valence-electron chi connectivity index (χ2n) is 4.46. The topological polar surface area (TPSA) is 30.7 Å². The predicted octanol–water partition coefficient (Wildman–Crippen LogP) is 4.81. The number of nitrogens with zero attached hydrogens (tertiary/aromatic N) is 3. The molecule has 0 amide bonds. The summed E-state index contributed by atoms with van der Waals surface area (Å²) in [6.45, 7) is 6.31. The van der Waals surface area contributed by atoms with E-state index < -0.39 is 0 Å². The second kappa shape index (κ2) is 6.46. The molecular weight excluding hydrogens is 346 g/mol. The Labute approximate surface area is 131 Å². The highest BCUT2D eigenvalue weighted by Gasteiger charge is 2.20. The molecule has 0 aliphatic carbocycles. The van der Waals surface area contributed by atoms with Crippen molar-refractivity contribution in [2.24, 2.45) is 0 Å². The summed E-state index contributed by atoms with van der Waals surface area (Å²) < 4.78 is 3.11. The minimum absolute atomic E-state index is 0.123. The van der Waals surface area contributed by atoms with Gasteiger partial charge in [0.2, 0.25) is 0 Å². The molecule has 2 atom stereocenters. The van der Waals surface area contributed by atoms with E-state index >= 15 is 0 Å². The van der Waals surface area contributed by atoms with Crippen molar-refractivity contribution in [3.8, 4) is 0 Å². The summed E-state index contributed by atoms with van der Waals surface area (Å²) in [4.78, 5) is 9.13. The largest absolute Gasteiger partial charge is 0.308 e. The van der Waals surface area contributed by atoms with E-state index in [0.29, 0.717) is 6.04 Å². The molecule has 0 aromatic carbocycles. The van der Waals surface area contributed by atoms with E-state index in [1.807, 2.05) is 30.9 Å². The third-order valence-corrected chi connectivity index (χ3v) is 4.64. The quantitative estimate of drug-likeness (QED) is 0.715. The molecule has 104 valence electrons. The number of alkyl halides is 1. The van der Waals surface area contributed by atoms with E-state index in [-0.39, 0.29) is 5.38 Å². The smallest absolute Gasteiger partial charge is 0.160 e. The van der Waals surface area contributed by atoms with Crippen molar-refractivity contribution in [2.45, 2.75) is 32.2 Å². The molecule has 2 aromatic heterocycles. The minimum Gasteiger partial charge on any atom is -0.308 e. The van der Waals surface area contributed by atoms with Crippen molar-refractivity contribution in [3.63, 3.8) is 0 Å². The summed E-state index contributed by atoms with van der Waals surface area (Å²) in [6.07, 6.45) is 1.81. The first-order chi connectivity index (χ1) is 9.04. The molecule has 2 rings (SSSR count). The van der Waals surface area contributed by atoms with Crippen LogP contribution in [0.2, 0.25) is 0 Å². The Hall–Kier alpha value is -0.260. The van der Waals surface area contributed by atoms with Crippen molar-refractivity contribution in [1.29, 1.82) is 0 Å². The third kappa shape index (κ3) is 3.26. The number of fused-ring (bicyclic) bond motifs is 1. The van der Waals surface area contributed by atoms with Crippen LogP contribution >= 0.6 is 39.3 Å². The number of hydrogen-bond donors (Lipinski definition) is 0. The lowest BCUT2D eigenvalue weighted by atomic mass is 10.3. The summed E-state index contributed by atoms with van der Waals surface area (Å²) >= 11 is 11.6. The highest BCUT2D eigenvalue weighted by molar-refractivity contribution is 9.10. The highest BCUT2D eigenvalue weighted by Crippen LogP contribution is 2.29. The fraction of sp³-hybridized carbons (Fsp3) is 0.538. The number of imidazole rings is 1. The molecule has 6 heteroatoms. The Morgan fingerprint density at radius 1 is 1.47 bits per heavy atom. The number of rotatable bonds is 5. The fourth-order valence-electron chi connectivity index (χ4n) is 2.05. The highest BCUT2D eigenvalue weighted by atomic mass is 79.9. The summed E-state index contributed by atoms with van der Waals surface area (Å²) in [5, 5.41) is -0.123. The Morgan fingerprint density at radius 2 is 2.21 bits per heavy atom. The average molecular weight is 363 g/mol. The van der Waals surface area contributed by atoms with Crippen LogP contribution in [-0.4, -0.2) is 26.0 Å². The normalized spacial score (nSPS) is 14.8. The van der Waals surface area contributed by atoms with Gasteiger partial charge in [0, 0.05) is 22.5 Å². The van der Waals surface area contributed by atoms with Gasteiger partial charge in [-0.1, -0.05) is 6.92 Å². The van der Waals surface area contributed by atoms with Crippen molar-refractivity contribution in [2.75, 3.05) is 11.5 Å². The van der Waals surface area contributed by atoms with E-state index in [2.05, 4.69) is 44.3 Å². The SMILES string of the molecule is CCSCC(C)n1c(C(C)Cl)nc2cc(Br)cnc21. The minimum atomic E-state index is -0.123. The number of pyridine rings is 1. The average Bonchev–Trinajstić information content (AvgIpc) is 2.74. The Bertz CT molecular complexity index is 570.